The summed E-state index contributed by atoms with van der Waals surface area (Å²) in [6.45, 7) is 8.74. The maximum absolute atomic E-state index is 12.5. The predicted molar refractivity (Wildman–Crippen MR) is 96.2 cm³/mol. The van der Waals surface area contributed by atoms with Crippen molar-refractivity contribution in [3.05, 3.63) is 35.9 Å². The van der Waals surface area contributed by atoms with Crippen molar-refractivity contribution in [1.29, 1.82) is 0 Å². The Morgan fingerprint density at radius 1 is 1.04 bits per heavy atom. The van der Waals surface area contributed by atoms with E-state index in [1.54, 1.807) is 45.0 Å². The normalized spacial score (nSPS) is 13.8. The van der Waals surface area contributed by atoms with Gasteiger partial charge in [0.25, 0.3) is 0 Å². The van der Waals surface area contributed by atoms with Crippen molar-refractivity contribution >= 4 is 17.9 Å². The summed E-state index contributed by atoms with van der Waals surface area (Å²) in [7, 11) is 0. The number of benzene rings is 1. The Bertz CT molecular complexity index is 615. The molecule has 0 saturated heterocycles. The van der Waals surface area contributed by atoms with Gasteiger partial charge in [0.2, 0.25) is 0 Å². The molecule has 6 nitrogen and oxygen atoms in total. The second-order valence-corrected chi connectivity index (χ2v) is 7.68. The lowest BCUT2D eigenvalue weighted by Gasteiger charge is -2.27. The summed E-state index contributed by atoms with van der Waals surface area (Å²) >= 11 is 0. The van der Waals surface area contributed by atoms with Crippen LogP contribution in [0.1, 0.15) is 46.6 Å². The van der Waals surface area contributed by atoms with Gasteiger partial charge >= 0.3 is 17.9 Å². The maximum atomic E-state index is 12.5. The molecule has 1 rings (SSSR count). The van der Waals surface area contributed by atoms with Crippen LogP contribution in [0.2, 0.25) is 0 Å². The Balaban J connectivity index is 2.97. The number of hydrogen-bond donors (Lipinski definition) is 1. The molecule has 1 unspecified atom stereocenters. The van der Waals surface area contributed by atoms with Crippen molar-refractivity contribution < 1.29 is 29.0 Å². The van der Waals surface area contributed by atoms with Crippen LogP contribution in [-0.4, -0.2) is 28.6 Å². The van der Waals surface area contributed by atoms with Crippen molar-refractivity contribution in [2.45, 2.75) is 53.2 Å². The molecule has 144 valence electrons. The molecule has 0 aliphatic carbocycles. The van der Waals surface area contributed by atoms with E-state index in [0.29, 0.717) is 0 Å². The smallest absolute Gasteiger partial charge is 0.321 e. The summed E-state index contributed by atoms with van der Waals surface area (Å²) in [5, 5.41) is 9.56. The lowest BCUT2D eigenvalue weighted by Crippen LogP contribution is -2.40. The highest BCUT2D eigenvalue weighted by Gasteiger charge is 2.42. The van der Waals surface area contributed by atoms with Gasteiger partial charge in [-0.25, -0.2) is 0 Å². The number of carboxylic acids is 1. The Morgan fingerprint density at radius 3 is 2.08 bits per heavy atom. The molecule has 1 aromatic carbocycles. The van der Waals surface area contributed by atoms with E-state index in [-0.39, 0.29) is 18.9 Å². The van der Waals surface area contributed by atoms with Gasteiger partial charge < -0.3 is 14.6 Å². The van der Waals surface area contributed by atoms with E-state index >= 15 is 0 Å². The zero-order valence-corrected chi connectivity index (χ0v) is 16.0. The lowest BCUT2D eigenvalue weighted by atomic mass is 9.85. The third kappa shape index (κ3) is 7.25. The monoisotopic (exact) mass is 364 g/mol. The van der Waals surface area contributed by atoms with E-state index in [1.165, 1.54) is 0 Å². The van der Waals surface area contributed by atoms with Gasteiger partial charge in [0, 0.05) is 0 Å². The molecule has 0 radical (unpaired) electrons. The third-order valence-electron chi connectivity index (χ3n) is 3.58. The number of esters is 2. The van der Waals surface area contributed by atoms with Crippen molar-refractivity contribution in [3.8, 4) is 0 Å². The lowest BCUT2D eigenvalue weighted by molar-refractivity contribution is -0.175. The van der Waals surface area contributed by atoms with Crippen molar-refractivity contribution in [3.63, 3.8) is 0 Å². The minimum absolute atomic E-state index is 0.0105. The minimum Gasteiger partial charge on any atom is -0.481 e. The molecule has 0 bridgehead atoms. The van der Waals surface area contributed by atoms with Crippen LogP contribution in [0.5, 0.6) is 0 Å². The molecule has 6 heteroatoms. The molecule has 0 aliphatic heterocycles. The molecular formula is C20H28O6. The standard InChI is InChI=1S/C20H28O6/c1-13(2)11-15(18(23)26-20(3,4)5)16(17(21)22)19(24)25-12-14-9-7-6-8-10-14/h6-10,13,15-16H,11-12H2,1-5H3,(H,21,22)/t15?,16-/m1/s1. The van der Waals surface area contributed by atoms with E-state index in [1.807, 2.05) is 19.9 Å². The largest absolute Gasteiger partial charge is 0.481 e. The van der Waals surface area contributed by atoms with Gasteiger partial charge in [0.1, 0.15) is 12.2 Å². The third-order valence-corrected chi connectivity index (χ3v) is 3.58. The van der Waals surface area contributed by atoms with E-state index in [2.05, 4.69) is 0 Å². The second-order valence-electron chi connectivity index (χ2n) is 7.68. The molecule has 1 N–H and O–H groups in total. The first-order valence-corrected chi connectivity index (χ1v) is 8.67. The topological polar surface area (TPSA) is 89.9 Å². The van der Waals surface area contributed by atoms with Crippen LogP contribution in [-0.2, 0) is 30.5 Å². The maximum Gasteiger partial charge on any atom is 0.321 e. The fraction of sp³-hybridized carbons (Fsp3) is 0.550. The van der Waals surface area contributed by atoms with Gasteiger partial charge in [0.15, 0.2) is 5.92 Å². The molecule has 0 saturated carbocycles. The van der Waals surface area contributed by atoms with E-state index in [4.69, 9.17) is 9.47 Å². The fourth-order valence-electron chi connectivity index (χ4n) is 2.51. The molecule has 0 fully saturated rings. The van der Waals surface area contributed by atoms with Crippen LogP contribution < -0.4 is 0 Å². The number of carboxylic acid groups (broad SMARTS) is 1. The van der Waals surface area contributed by atoms with Gasteiger partial charge in [0.05, 0.1) is 5.92 Å². The SMILES string of the molecule is CC(C)CC(C(=O)OC(C)(C)C)[C@H](C(=O)O)C(=O)OCc1ccccc1. The number of carbonyl (C=O) groups excluding carboxylic acids is 2. The summed E-state index contributed by atoms with van der Waals surface area (Å²) in [6.07, 6.45) is 0.215. The Morgan fingerprint density at radius 2 is 1.62 bits per heavy atom. The van der Waals surface area contributed by atoms with Crippen LogP contribution in [0.15, 0.2) is 30.3 Å². The van der Waals surface area contributed by atoms with Gasteiger partial charge in [-0.05, 0) is 38.7 Å². The minimum atomic E-state index is -1.60. The first-order chi connectivity index (χ1) is 12.0. The van der Waals surface area contributed by atoms with Crippen LogP contribution in [0.3, 0.4) is 0 Å². The van der Waals surface area contributed by atoms with Crippen molar-refractivity contribution in [1.82, 2.24) is 0 Å². The molecule has 0 aliphatic rings. The van der Waals surface area contributed by atoms with Crippen LogP contribution in [0.4, 0.5) is 0 Å². The quantitative estimate of drug-likeness (QED) is 0.561. The summed E-state index contributed by atoms with van der Waals surface area (Å²) in [6, 6.07) is 8.94. The van der Waals surface area contributed by atoms with E-state index in [0.717, 1.165) is 5.56 Å². The van der Waals surface area contributed by atoms with Crippen LogP contribution >= 0.6 is 0 Å². The molecule has 26 heavy (non-hydrogen) atoms. The predicted octanol–water partition coefficient (Wildman–Crippen LogP) is 3.43. The first kappa shape index (κ1) is 21.7. The van der Waals surface area contributed by atoms with Crippen LogP contribution in [0.25, 0.3) is 0 Å². The van der Waals surface area contributed by atoms with Crippen LogP contribution in [0, 0.1) is 17.8 Å². The van der Waals surface area contributed by atoms with Gasteiger partial charge in [-0.1, -0.05) is 44.2 Å². The Hall–Kier alpha value is -2.37. The van der Waals surface area contributed by atoms with E-state index in [9.17, 15) is 19.5 Å². The molecule has 0 amide bonds. The van der Waals surface area contributed by atoms with E-state index < -0.39 is 35.3 Å². The van der Waals surface area contributed by atoms with Gasteiger partial charge in [-0.2, -0.15) is 0 Å². The first-order valence-electron chi connectivity index (χ1n) is 8.67. The number of ether oxygens (including phenoxy) is 2. The Labute approximate surface area is 154 Å². The summed E-state index contributed by atoms with van der Waals surface area (Å²) < 4.78 is 10.5. The number of hydrogen-bond acceptors (Lipinski definition) is 5. The highest BCUT2D eigenvalue weighted by Crippen LogP contribution is 2.26. The number of rotatable bonds is 8. The fourth-order valence-corrected chi connectivity index (χ4v) is 2.51. The highest BCUT2D eigenvalue weighted by molar-refractivity contribution is 5.98. The van der Waals surface area contributed by atoms with Gasteiger partial charge in [-0.15, -0.1) is 0 Å². The molecular weight excluding hydrogens is 336 g/mol. The average molecular weight is 364 g/mol. The second kappa shape index (κ2) is 9.36. The average Bonchev–Trinajstić information content (AvgIpc) is 2.51. The highest BCUT2D eigenvalue weighted by atomic mass is 16.6. The molecule has 1 aromatic rings. The van der Waals surface area contributed by atoms with Crippen molar-refractivity contribution in [2.75, 3.05) is 0 Å². The number of carbonyl (C=O) groups is 3. The molecule has 0 aromatic heterocycles. The Kier molecular flexibility index (Phi) is 7.80. The molecule has 2 atom stereocenters. The number of aliphatic carboxylic acids is 1. The summed E-state index contributed by atoms with van der Waals surface area (Å²) in [5.74, 6) is -5.71. The summed E-state index contributed by atoms with van der Waals surface area (Å²) in [5.41, 5.74) is -0.0359. The van der Waals surface area contributed by atoms with Gasteiger partial charge in [-0.3, -0.25) is 14.4 Å². The zero-order valence-electron chi connectivity index (χ0n) is 16.0. The zero-order chi connectivity index (χ0) is 19.9. The van der Waals surface area contributed by atoms with Crippen molar-refractivity contribution in [2.24, 2.45) is 17.8 Å². The summed E-state index contributed by atoms with van der Waals surface area (Å²) in [4.78, 5) is 36.7. The molecule has 0 heterocycles. The molecule has 0 spiro atoms.